The van der Waals surface area contributed by atoms with Crippen molar-refractivity contribution in [1.29, 1.82) is 0 Å². The van der Waals surface area contributed by atoms with Crippen molar-refractivity contribution >= 4 is 27.8 Å². The average molecular weight is 326 g/mol. The van der Waals surface area contributed by atoms with Crippen LogP contribution < -0.4 is 5.32 Å². The number of carbonyl (C=O) groups is 2. The number of carbonyl (C=O) groups excluding carboxylic acids is 1. The molecule has 19 heavy (non-hydrogen) atoms. The molecule has 0 aromatic heterocycles. The van der Waals surface area contributed by atoms with E-state index in [0.29, 0.717) is 6.54 Å². The van der Waals surface area contributed by atoms with Gasteiger partial charge in [0.2, 0.25) is 5.91 Å². The highest BCUT2D eigenvalue weighted by atomic mass is 79.9. The number of amides is 1. The molecule has 4 nitrogen and oxygen atoms in total. The van der Waals surface area contributed by atoms with Crippen LogP contribution >= 0.6 is 15.9 Å². The van der Waals surface area contributed by atoms with Crippen molar-refractivity contribution in [3.05, 3.63) is 34.3 Å². The quantitative estimate of drug-likeness (QED) is 0.844. The van der Waals surface area contributed by atoms with Crippen molar-refractivity contribution < 1.29 is 14.7 Å². The van der Waals surface area contributed by atoms with Gasteiger partial charge in [0, 0.05) is 22.9 Å². The van der Waals surface area contributed by atoms with Gasteiger partial charge in [-0.15, -0.1) is 0 Å². The van der Waals surface area contributed by atoms with Crippen LogP contribution in [0.5, 0.6) is 0 Å². The highest BCUT2D eigenvalue weighted by Gasteiger charge is 2.45. The number of hydrogen-bond donors (Lipinski definition) is 2. The van der Waals surface area contributed by atoms with Crippen LogP contribution in [0.4, 0.5) is 0 Å². The second-order valence-electron chi connectivity index (χ2n) is 4.93. The molecule has 1 amide bonds. The normalized spacial score (nSPS) is 15.8. The summed E-state index contributed by atoms with van der Waals surface area (Å²) in [6.45, 7) is 0.577. The lowest BCUT2D eigenvalue weighted by Gasteiger charge is -2.18. The van der Waals surface area contributed by atoms with Gasteiger partial charge >= 0.3 is 5.97 Å². The first-order valence-corrected chi connectivity index (χ1v) is 7.06. The van der Waals surface area contributed by atoms with Crippen molar-refractivity contribution in [1.82, 2.24) is 5.32 Å². The highest BCUT2D eigenvalue weighted by molar-refractivity contribution is 9.10. The van der Waals surface area contributed by atoms with Gasteiger partial charge in [-0.2, -0.15) is 0 Å². The minimum Gasteiger partial charge on any atom is -0.481 e. The Bertz CT molecular complexity index is 497. The Morgan fingerprint density at radius 3 is 2.53 bits per heavy atom. The summed E-state index contributed by atoms with van der Waals surface area (Å²) in [4.78, 5) is 21.9. The minimum absolute atomic E-state index is 0.0268. The predicted molar refractivity (Wildman–Crippen MR) is 74.9 cm³/mol. The second-order valence-corrected chi connectivity index (χ2v) is 5.78. The van der Waals surface area contributed by atoms with E-state index in [1.54, 1.807) is 0 Å². The van der Waals surface area contributed by atoms with Gasteiger partial charge in [0.1, 0.15) is 0 Å². The molecule has 1 aromatic rings. The Morgan fingerprint density at radius 1 is 1.26 bits per heavy atom. The zero-order chi connectivity index (χ0) is 13.9. The molecule has 0 saturated heterocycles. The Labute approximate surface area is 120 Å². The van der Waals surface area contributed by atoms with Gasteiger partial charge in [-0.3, -0.25) is 9.59 Å². The van der Waals surface area contributed by atoms with E-state index in [1.807, 2.05) is 18.2 Å². The molecule has 2 N–H and O–H groups in total. The summed E-state index contributed by atoms with van der Waals surface area (Å²) in [5.74, 6) is -1.14. The largest absolute Gasteiger partial charge is 0.481 e. The first-order valence-electron chi connectivity index (χ1n) is 6.27. The monoisotopic (exact) mass is 325 g/mol. The number of benzene rings is 1. The van der Waals surface area contributed by atoms with Crippen LogP contribution in [0.1, 0.15) is 31.2 Å². The molecule has 2 rings (SSSR count). The Morgan fingerprint density at radius 2 is 1.95 bits per heavy atom. The average Bonchev–Trinajstić information content (AvgIpc) is 3.15. The Kier molecular flexibility index (Phi) is 4.24. The molecule has 5 heteroatoms. The molecule has 1 fully saturated rings. The first kappa shape index (κ1) is 14.1. The van der Waals surface area contributed by atoms with E-state index in [2.05, 4.69) is 27.3 Å². The number of nitrogens with one attached hydrogen (secondary N) is 1. The number of hydrogen-bond acceptors (Lipinski definition) is 2. The summed E-state index contributed by atoms with van der Waals surface area (Å²) in [5, 5.41) is 11.4. The van der Waals surface area contributed by atoms with Gasteiger partial charge in [-0.05, 0) is 24.5 Å². The minimum atomic E-state index is -0.943. The number of rotatable bonds is 6. The van der Waals surface area contributed by atoms with Crippen LogP contribution in [0.2, 0.25) is 0 Å². The lowest BCUT2D eigenvalue weighted by atomic mass is 9.96. The van der Waals surface area contributed by atoms with Crippen molar-refractivity contribution in [3.63, 3.8) is 0 Å². The Hall–Kier alpha value is -1.36. The van der Waals surface area contributed by atoms with Gasteiger partial charge in [-0.1, -0.05) is 34.1 Å². The number of carboxylic acid groups (broad SMARTS) is 1. The van der Waals surface area contributed by atoms with E-state index >= 15 is 0 Å². The van der Waals surface area contributed by atoms with Crippen molar-refractivity contribution in [3.8, 4) is 0 Å². The van der Waals surface area contributed by atoms with E-state index < -0.39 is 5.97 Å². The third-order valence-electron chi connectivity index (χ3n) is 3.49. The van der Waals surface area contributed by atoms with Gasteiger partial charge in [0.05, 0.1) is 6.42 Å². The molecule has 0 bridgehead atoms. The fraction of sp³-hybridized carbons (Fsp3) is 0.429. The maximum absolute atomic E-state index is 11.6. The number of halogens is 1. The van der Waals surface area contributed by atoms with Crippen LogP contribution in [0, 0.1) is 0 Å². The molecule has 0 unspecified atom stereocenters. The molecule has 1 saturated carbocycles. The van der Waals surface area contributed by atoms with Crippen molar-refractivity contribution in [2.75, 3.05) is 6.54 Å². The standard InChI is InChI=1S/C14H16BrNO3/c15-11-4-2-1-3-10(11)14(7-8-14)9-16-12(17)5-6-13(18)19/h1-4H,5-9H2,(H,16,17)(H,18,19). The predicted octanol–water partition coefficient (Wildman–Crippen LogP) is 2.46. The molecule has 102 valence electrons. The zero-order valence-corrected chi connectivity index (χ0v) is 12.1. The summed E-state index contributed by atoms with van der Waals surface area (Å²) in [5.41, 5.74) is 1.24. The smallest absolute Gasteiger partial charge is 0.303 e. The van der Waals surface area contributed by atoms with Crippen LogP contribution in [0.15, 0.2) is 28.7 Å². The van der Waals surface area contributed by atoms with Crippen molar-refractivity contribution in [2.45, 2.75) is 31.1 Å². The lowest BCUT2D eigenvalue weighted by Crippen LogP contribution is -2.32. The topological polar surface area (TPSA) is 66.4 Å². The molecule has 0 heterocycles. The van der Waals surface area contributed by atoms with E-state index in [-0.39, 0.29) is 24.2 Å². The Balaban J connectivity index is 1.91. The van der Waals surface area contributed by atoms with Crippen molar-refractivity contribution in [2.24, 2.45) is 0 Å². The van der Waals surface area contributed by atoms with Crippen LogP contribution in [-0.4, -0.2) is 23.5 Å². The van der Waals surface area contributed by atoms with Gasteiger partial charge < -0.3 is 10.4 Å². The summed E-state index contributed by atoms with van der Waals surface area (Å²) < 4.78 is 1.06. The summed E-state index contributed by atoms with van der Waals surface area (Å²) in [7, 11) is 0. The molecule has 0 spiro atoms. The highest BCUT2D eigenvalue weighted by Crippen LogP contribution is 2.49. The maximum Gasteiger partial charge on any atom is 0.303 e. The second kappa shape index (κ2) is 5.74. The third-order valence-corrected chi connectivity index (χ3v) is 4.18. The zero-order valence-electron chi connectivity index (χ0n) is 10.5. The SMILES string of the molecule is O=C(O)CCC(=O)NCC1(c2ccccc2Br)CC1. The molecular weight excluding hydrogens is 310 g/mol. The van der Waals surface area contributed by atoms with E-state index in [9.17, 15) is 9.59 Å². The summed E-state index contributed by atoms with van der Waals surface area (Å²) in [6.07, 6.45) is 2.03. The molecule has 1 aromatic carbocycles. The molecule has 0 aliphatic heterocycles. The van der Waals surface area contributed by atoms with Crippen LogP contribution in [-0.2, 0) is 15.0 Å². The first-order chi connectivity index (χ1) is 9.03. The molecule has 0 atom stereocenters. The maximum atomic E-state index is 11.6. The molecular formula is C14H16BrNO3. The van der Waals surface area contributed by atoms with E-state index in [1.165, 1.54) is 5.56 Å². The van der Waals surface area contributed by atoms with Gasteiger partial charge in [0.15, 0.2) is 0 Å². The fourth-order valence-corrected chi connectivity index (χ4v) is 2.87. The van der Waals surface area contributed by atoms with Gasteiger partial charge in [-0.25, -0.2) is 0 Å². The van der Waals surface area contributed by atoms with Crippen LogP contribution in [0.25, 0.3) is 0 Å². The fourth-order valence-electron chi connectivity index (χ4n) is 2.16. The number of aliphatic carboxylic acids is 1. The summed E-state index contributed by atoms with van der Waals surface area (Å²) >= 11 is 3.54. The van der Waals surface area contributed by atoms with E-state index in [0.717, 1.165) is 17.3 Å². The van der Waals surface area contributed by atoms with Gasteiger partial charge in [0.25, 0.3) is 0 Å². The summed E-state index contributed by atoms with van der Waals surface area (Å²) in [6, 6.07) is 8.03. The molecule has 1 aliphatic rings. The number of carboxylic acids is 1. The van der Waals surface area contributed by atoms with Crippen LogP contribution in [0.3, 0.4) is 0 Å². The molecule has 0 radical (unpaired) electrons. The molecule has 1 aliphatic carbocycles. The third kappa shape index (κ3) is 3.56. The lowest BCUT2D eigenvalue weighted by molar-refractivity contribution is -0.138. The van der Waals surface area contributed by atoms with E-state index in [4.69, 9.17) is 5.11 Å².